The maximum Gasteiger partial charge on any atom is 0.303 e. The van der Waals surface area contributed by atoms with Crippen molar-refractivity contribution in [1.29, 1.82) is 0 Å². The summed E-state index contributed by atoms with van der Waals surface area (Å²) in [7, 11) is 0. The minimum Gasteiger partial charge on any atom is -0.481 e. The maximum absolute atomic E-state index is 10.4. The fraction of sp³-hybridized carbons (Fsp3) is 0.591. The second-order valence-corrected chi connectivity index (χ2v) is 7.03. The number of carbonyl (C=O) groups is 1. The Morgan fingerprint density at radius 3 is 2.52 bits per heavy atom. The van der Waals surface area contributed by atoms with Crippen LogP contribution in [-0.2, 0) is 4.79 Å². The van der Waals surface area contributed by atoms with Crippen molar-refractivity contribution in [3.63, 3.8) is 0 Å². The van der Waals surface area contributed by atoms with Crippen LogP contribution in [0.25, 0.3) is 0 Å². The van der Waals surface area contributed by atoms with Crippen LogP contribution < -0.4 is 0 Å². The Morgan fingerprint density at radius 2 is 1.81 bits per heavy atom. The number of carboxylic acid groups (broad SMARTS) is 1. The molecule has 0 radical (unpaired) electrons. The summed E-state index contributed by atoms with van der Waals surface area (Å²) < 4.78 is 0. The molecule has 4 N–H and O–H groups in total. The highest BCUT2D eigenvalue weighted by molar-refractivity contribution is 5.66. The lowest BCUT2D eigenvalue weighted by atomic mass is 9.89. The molecule has 0 spiro atoms. The molecule has 0 saturated heterocycles. The van der Waals surface area contributed by atoms with Crippen LogP contribution in [0, 0.1) is 11.8 Å². The van der Waals surface area contributed by atoms with Crippen LogP contribution >= 0.6 is 0 Å². The predicted octanol–water partition coefficient (Wildman–Crippen LogP) is 3.38. The van der Waals surface area contributed by atoms with Crippen LogP contribution in [0.15, 0.2) is 48.6 Å². The minimum atomic E-state index is -0.838. The molecule has 1 aliphatic rings. The largest absolute Gasteiger partial charge is 0.481 e. The van der Waals surface area contributed by atoms with Crippen molar-refractivity contribution in [2.75, 3.05) is 0 Å². The predicted molar refractivity (Wildman–Crippen MR) is 107 cm³/mol. The highest BCUT2D eigenvalue weighted by Crippen LogP contribution is 2.36. The van der Waals surface area contributed by atoms with Crippen LogP contribution in [-0.4, -0.2) is 44.7 Å². The van der Waals surface area contributed by atoms with Crippen molar-refractivity contribution >= 4 is 5.97 Å². The molecule has 1 aliphatic carbocycles. The molecule has 0 amide bonds. The number of carboxylic acids is 1. The molecule has 5 nitrogen and oxygen atoms in total. The van der Waals surface area contributed by atoms with Gasteiger partial charge in [-0.05, 0) is 38.0 Å². The summed E-state index contributed by atoms with van der Waals surface area (Å²) in [4.78, 5) is 10.4. The van der Waals surface area contributed by atoms with Crippen molar-refractivity contribution in [3.8, 4) is 0 Å². The minimum absolute atomic E-state index is 0.0547. The van der Waals surface area contributed by atoms with Gasteiger partial charge in [0, 0.05) is 18.8 Å². The molecule has 5 atom stereocenters. The summed E-state index contributed by atoms with van der Waals surface area (Å²) in [5.74, 6) is -1.07. The molecule has 152 valence electrons. The van der Waals surface area contributed by atoms with E-state index >= 15 is 0 Å². The molecule has 27 heavy (non-hydrogen) atoms. The van der Waals surface area contributed by atoms with Gasteiger partial charge in [-0.3, -0.25) is 4.79 Å². The molecular formula is C22H34O5. The van der Waals surface area contributed by atoms with Crippen molar-refractivity contribution in [3.05, 3.63) is 48.6 Å². The van der Waals surface area contributed by atoms with Crippen LogP contribution in [0.5, 0.6) is 0 Å². The van der Waals surface area contributed by atoms with Crippen molar-refractivity contribution in [2.45, 2.75) is 70.2 Å². The second-order valence-electron chi connectivity index (χ2n) is 7.03. The summed E-state index contributed by atoms with van der Waals surface area (Å²) in [6.45, 7) is 2.09. The van der Waals surface area contributed by atoms with Crippen LogP contribution in [0.2, 0.25) is 0 Å². The van der Waals surface area contributed by atoms with Gasteiger partial charge in [-0.25, -0.2) is 0 Å². The Kier molecular flexibility index (Phi) is 11.7. The lowest BCUT2D eigenvalue weighted by molar-refractivity contribution is -0.136. The molecule has 0 aromatic rings. The monoisotopic (exact) mass is 378 g/mol. The van der Waals surface area contributed by atoms with E-state index in [1.54, 1.807) is 18.2 Å². The zero-order valence-electron chi connectivity index (χ0n) is 16.2. The summed E-state index contributed by atoms with van der Waals surface area (Å²) in [6, 6.07) is 0. The summed E-state index contributed by atoms with van der Waals surface area (Å²) in [5.41, 5.74) is 0. The number of aliphatic hydroxyl groups is 3. The molecule has 0 heterocycles. The number of allylic oxidation sites excluding steroid dienone is 5. The summed E-state index contributed by atoms with van der Waals surface area (Å²) >= 11 is 0. The van der Waals surface area contributed by atoms with Crippen LogP contribution in [0.3, 0.4) is 0 Å². The second kappa shape index (κ2) is 13.5. The molecule has 0 bridgehead atoms. The molecule has 1 saturated carbocycles. The third-order valence-corrected chi connectivity index (χ3v) is 4.79. The number of rotatable bonds is 12. The Hall–Kier alpha value is -1.69. The van der Waals surface area contributed by atoms with Gasteiger partial charge in [-0.15, -0.1) is 0 Å². The first-order valence-corrected chi connectivity index (χ1v) is 9.85. The fourth-order valence-corrected chi connectivity index (χ4v) is 3.29. The molecule has 1 rings (SSSR count). The van der Waals surface area contributed by atoms with E-state index in [1.165, 1.54) is 0 Å². The molecule has 0 unspecified atom stereocenters. The Labute approximate surface area is 162 Å². The van der Waals surface area contributed by atoms with Gasteiger partial charge in [0.1, 0.15) is 0 Å². The molecular weight excluding hydrogens is 344 g/mol. The standard InChI is InChI=1S/C22H34O5/c1-2-3-4-5-6-9-12-18-19(21(25)16-20(18)24)15-14-17(23)11-8-7-10-13-22(26)27/h3-4,6-9,14-15,17-21,23-25H,2,5,10-13,16H2,1H3,(H,26,27)/b4-3-,8-7-,9-6-,15-14+/t17-,18+,19-,20-,21+/m0/s1. The van der Waals surface area contributed by atoms with Gasteiger partial charge in [0.05, 0.1) is 18.3 Å². The first-order valence-electron chi connectivity index (χ1n) is 9.85. The lowest BCUT2D eigenvalue weighted by Crippen LogP contribution is -2.20. The Morgan fingerprint density at radius 1 is 1.07 bits per heavy atom. The number of hydrogen-bond donors (Lipinski definition) is 4. The van der Waals surface area contributed by atoms with Gasteiger partial charge in [-0.1, -0.05) is 55.5 Å². The number of aliphatic hydroxyl groups excluding tert-OH is 3. The van der Waals surface area contributed by atoms with Gasteiger partial charge >= 0.3 is 5.97 Å². The van der Waals surface area contributed by atoms with E-state index in [-0.39, 0.29) is 18.3 Å². The first kappa shape index (κ1) is 23.3. The molecule has 0 aromatic carbocycles. The summed E-state index contributed by atoms with van der Waals surface area (Å²) in [5, 5.41) is 39.0. The van der Waals surface area contributed by atoms with Crippen molar-refractivity contribution < 1.29 is 25.2 Å². The van der Waals surface area contributed by atoms with Crippen molar-refractivity contribution in [1.82, 2.24) is 0 Å². The van der Waals surface area contributed by atoms with Crippen LogP contribution in [0.1, 0.15) is 51.9 Å². The Balaban J connectivity index is 2.49. The number of hydrogen-bond acceptors (Lipinski definition) is 4. The molecule has 1 fully saturated rings. The summed E-state index contributed by atoms with van der Waals surface area (Å²) in [6.07, 6.45) is 17.4. The number of aliphatic carboxylic acids is 1. The molecule has 5 heteroatoms. The zero-order chi connectivity index (χ0) is 20.1. The average Bonchev–Trinajstić information content (AvgIpc) is 2.88. The van der Waals surface area contributed by atoms with E-state index in [2.05, 4.69) is 25.2 Å². The van der Waals surface area contributed by atoms with E-state index in [4.69, 9.17) is 5.11 Å². The fourth-order valence-electron chi connectivity index (χ4n) is 3.29. The quantitative estimate of drug-likeness (QED) is 0.390. The van der Waals surface area contributed by atoms with E-state index in [1.807, 2.05) is 12.2 Å². The van der Waals surface area contributed by atoms with E-state index in [0.717, 1.165) is 12.8 Å². The van der Waals surface area contributed by atoms with E-state index in [9.17, 15) is 20.1 Å². The normalized spacial score (nSPS) is 27.6. The van der Waals surface area contributed by atoms with Gasteiger partial charge in [0.2, 0.25) is 0 Å². The highest BCUT2D eigenvalue weighted by atomic mass is 16.4. The topological polar surface area (TPSA) is 98.0 Å². The van der Waals surface area contributed by atoms with E-state index < -0.39 is 24.3 Å². The lowest BCUT2D eigenvalue weighted by Gasteiger charge is -2.19. The van der Waals surface area contributed by atoms with Gasteiger partial charge in [0.25, 0.3) is 0 Å². The third kappa shape index (κ3) is 9.70. The third-order valence-electron chi connectivity index (χ3n) is 4.79. The van der Waals surface area contributed by atoms with Crippen LogP contribution in [0.4, 0.5) is 0 Å². The average molecular weight is 379 g/mol. The van der Waals surface area contributed by atoms with Gasteiger partial charge < -0.3 is 20.4 Å². The van der Waals surface area contributed by atoms with Gasteiger partial charge in [0.15, 0.2) is 0 Å². The molecule has 0 aromatic heterocycles. The smallest absolute Gasteiger partial charge is 0.303 e. The Bertz CT molecular complexity index is 535. The SMILES string of the molecule is CC/C=C\C/C=C\C[C@@H]1[C@H](/C=C/[C@@H](O)C/C=C\CCC(=O)O)[C@H](O)C[C@@H]1O. The van der Waals surface area contributed by atoms with E-state index in [0.29, 0.717) is 25.7 Å². The first-order chi connectivity index (χ1) is 13.0. The molecule has 0 aliphatic heterocycles. The maximum atomic E-state index is 10.4. The van der Waals surface area contributed by atoms with Gasteiger partial charge in [-0.2, -0.15) is 0 Å². The highest BCUT2D eigenvalue weighted by Gasteiger charge is 2.39. The van der Waals surface area contributed by atoms with Crippen molar-refractivity contribution in [2.24, 2.45) is 11.8 Å². The zero-order valence-corrected chi connectivity index (χ0v) is 16.2.